The van der Waals surface area contributed by atoms with E-state index in [2.05, 4.69) is 26.6 Å². The summed E-state index contributed by atoms with van der Waals surface area (Å²) in [7, 11) is 1.61. The van der Waals surface area contributed by atoms with E-state index in [1.807, 2.05) is 24.3 Å². The van der Waals surface area contributed by atoms with Crippen molar-refractivity contribution in [2.45, 2.75) is 6.04 Å². The van der Waals surface area contributed by atoms with Crippen molar-refractivity contribution in [3.8, 4) is 0 Å². The van der Waals surface area contributed by atoms with E-state index in [-0.39, 0.29) is 18.3 Å². The number of benzene rings is 2. The van der Waals surface area contributed by atoms with Crippen molar-refractivity contribution in [2.75, 3.05) is 26.8 Å². The van der Waals surface area contributed by atoms with Crippen LogP contribution in [0.1, 0.15) is 17.2 Å². The van der Waals surface area contributed by atoms with E-state index in [9.17, 15) is 9.18 Å². The van der Waals surface area contributed by atoms with E-state index in [0.717, 1.165) is 10.0 Å². The van der Waals surface area contributed by atoms with Gasteiger partial charge < -0.3 is 15.4 Å². The first-order valence-corrected chi connectivity index (χ1v) is 8.39. The second kappa shape index (κ2) is 9.52. The molecule has 128 valence electrons. The van der Waals surface area contributed by atoms with Crippen molar-refractivity contribution in [2.24, 2.45) is 0 Å². The van der Waals surface area contributed by atoms with Gasteiger partial charge in [0.15, 0.2) is 0 Å². The van der Waals surface area contributed by atoms with Gasteiger partial charge in [0.2, 0.25) is 5.91 Å². The average molecular weight is 395 g/mol. The molecule has 0 spiro atoms. The average Bonchev–Trinajstić information content (AvgIpc) is 2.56. The predicted octanol–water partition coefficient (Wildman–Crippen LogP) is 3.03. The van der Waals surface area contributed by atoms with Crippen LogP contribution in [0.4, 0.5) is 4.39 Å². The van der Waals surface area contributed by atoms with Crippen molar-refractivity contribution >= 4 is 21.8 Å². The van der Waals surface area contributed by atoms with Crippen LogP contribution in [0.3, 0.4) is 0 Å². The summed E-state index contributed by atoms with van der Waals surface area (Å²) in [4.78, 5) is 12.2. The lowest BCUT2D eigenvalue weighted by atomic mass is 9.98. The number of nitrogens with one attached hydrogen (secondary N) is 2. The first-order chi connectivity index (χ1) is 11.6. The minimum Gasteiger partial charge on any atom is -0.383 e. The topological polar surface area (TPSA) is 50.4 Å². The molecule has 2 aromatic carbocycles. The highest BCUT2D eigenvalue weighted by Crippen LogP contribution is 2.25. The molecule has 0 aromatic heterocycles. The fourth-order valence-corrected chi connectivity index (χ4v) is 2.74. The lowest BCUT2D eigenvalue weighted by molar-refractivity contribution is -0.120. The van der Waals surface area contributed by atoms with Gasteiger partial charge in [-0.3, -0.25) is 4.79 Å². The number of halogens is 2. The van der Waals surface area contributed by atoms with Crippen LogP contribution in [0, 0.1) is 5.82 Å². The predicted molar refractivity (Wildman–Crippen MR) is 95.3 cm³/mol. The quantitative estimate of drug-likeness (QED) is 0.676. The van der Waals surface area contributed by atoms with Crippen molar-refractivity contribution in [1.29, 1.82) is 0 Å². The molecule has 1 amide bonds. The van der Waals surface area contributed by atoms with E-state index in [4.69, 9.17) is 4.74 Å². The van der Waals surface area contributed by atoms with Gasteiger partial charge in [-0.15, -0.1) is 0 Å². The minimum absolute atomic E-state index is 0.166. The zero-order valence-electron chi connectivity index (χ0n) is 13.4. The van der Waals surface area contributed by atoms with Gasteiger partial charge in [-0.05, 0) is 35.4 Å². The van der Waals surface area contributed by atoms with Crippen LogP contribution in [0.5, 0.6) is 0 Å². The van der Waals surface area contributed by atoms with Crippen LogP contribution in [0.15, 0.2) is 53.0 Å². The summed E-state index contributed by atoms with van der Waals surface area (Å²) in [5, 5.41) is 5.95. The van der Waals surface area contributed by atoms with Crippen LogP contribution in [0.25, 0.3) is 0 Å². The van der Waals surface area contributed by atoms with Crippen LogP contribution in [0.2, 0.25) is 0 Å². The van der Waals surface area contributed by atoms with Gasteiger partial charge in [0.25, 0.3) is 0 Å². The summed E-state index contributed by atoms with van der Waals surface area (Å²) in [6, 6.07) is 13.4. The Kier molecular flexibility index (Phi) is 7.36. The Balaban J connectivity index is 2.16. The van der Waals surface area contributed by atoms with Crippen molar-refractivity contribution in [1.82, 2.24) is 10.6 Å². The molecular formula is C18H20BrFN2O2. The number of carbonyl (C=O) groups excluding carboxylic acids is 1. The number of hydrogen-bond acceptors (Lipinski definition) is 3. The molecule has 4 nitrogen and oxygen atoms in total. The third-order valence-electron chi connectivity index (χ3n) is 3.44. The van der Waals surface area contributed by atoms with E-state index in [1.165, 1.54) is 12.1 Å². The first-order valence-electron chi connectivity index (χ1n) is 7.60. The van der Waals surface area contributed by atoms with Crippen LogP contribution in [-0.4, -0.2) is 32.7 Å². The third kappa shape index (κ3) is 5.70. The molecular weight excluding hydrogens is 375 g/mol. The standard InChI is InChI=1S/C18H20BrFN2O2/c1-24-9-8-21-12-17(23)22-18(13-4-2-6-15(19)10-13)14-5-3-7-16(20)11-14/h2-7,10-11,18,21H,8-9,12H2,1H3,(H,22,23). The molecule has 1 unspecified atom stereocenters. The zero-order valence-corrected chi connectivity index (χ0v) is 15.0. The number of carbonyl (C=O) groups is 1. The van der Waals surface area contributed by atoms with Crippen molar-refractivity contribution in [3.05, 3.63) is 69.9 Å². The van der Waals surface area contributed by atoms with Gasteiger partial charge in [0.1, 0.15) is 5.82 Å². The fraction of sp³-hybridized carbons (Fsp3) is 0.278. The molecule has 2 aromatic rings. The Morgan fingerprint density at radius 1 is 1.21 bits per heavy atom. The molecule has 1 atom stereocenters. The molecule has 0 heterocycles. The molecule has 0 saturated carbocycles. The molecule has 0 saturated heterocycles. The van der Waals surface area contributed by atoms with Crippen molar-refractivity contribution < 1.29 is 13.9 Å². The SMILES string of the molecule is COCCNCC(=O)NC(c1cccc(F)c1)c1cccc(Br)c1. The molecule has 2 rings (SSSR count). The molecule has 2 N–H and O–H groups in total. The summed E-state index contributed by atoms with van der Waals surface area (Å²) < 4.78 is 19.4. The monoisotopic (exact) mass is 394 g/mol. The smallest absolute Gasteiger partial charge is 0.234 e. The largest absolute Gasteiger partial charge is 0.383 e. The summed E-state index contributed by atoms with van der Waals surface area (Å²) in [6.45, 7) is 1.29. The highest BCUT2D eigenvalue weighted by atomic mass is 79.9. The molecule has 0 fully saturated rings. The number of hydrogen-bond donors (Lipinski definition) is 2. The summed E-state index contributed by atoms with van der Waals surface area (Å²) in [5.41, 5.74) is 1.57. The summed E-state index contributed by atoms with van der Waals surface area (Å²) >= 11 is 3.43. The van der Waals surface area contributed by atoms with Crippen molar-refractivity contribution in [3.63, 3.8) is 0 Å². The number of methoxy groups -OCH3 is 1. The fourth-order valence-electron chi connectivity index (χ4n) is 2.32. The number of ether oxygens (including phenoxy) is 1. The van der Waals surface area contributed by atoms with Crippen LogP contribution in [-0.2, 0) is 9.53 Å². The maximum atomic E-state index is 13.6. The third-order valence-corrected chi connectivity index (χ3v) is 3.93. The number of amides is 1. The highest BCUT2D eigenvalue weighted by Gasteiger charge is 2.17. The van der Waals surface area contributed by atoms with Crippen LogP contribution < -0.4 is 10.6 Å². The lowest BCUT2D eigenvalue weighted by Gasteiger charge is -2.20. The summed E-state index contributed by atoms with van der Waals surface area (Å²) in [6.07, 6.45) is 0. The molecule has 0 aliphatic rings. The Hall–Kier alpha value is -1.76. The maximum Gasteiger partial charge on any atom is 0.234 e. The Labute approximate surface area is 149 Å². The van der Waals surface area contributed by atoms with Gasteiger partial charge >= 0.3 is 0 Å². The molecule has 0 aliphatic heterocycles. The van der Waals surface area contributed by atoms with Gasteiger partial charge in [-0.1, -0.05) is 40.2 Å². The van der Waals surface area contributed by atoms with E-state index >= 15 is 0 Å². The highest BCUT2D eigenvalue weighted by molar-refractivity contribution is 9.10. The Morgan fingerprint density at radius 3 is 2.58 bits per heavy atom. The van der Waals surface area contributed by atoms with Gasteiger partial charge in [0, 0.05) is 18.1 Å². The lowest BCUT2D eigenvalue weighted by Crippen LogP contribution is -2.37. The van der Waals surface area contributed by atoms with Gasteiger partial charge in [-0.2, -0.15) is 0 Å². The van der Waals surface area contributed by atoms with E-state index < -0.39 is 6.04 Å². The molecule has 24 heavy (non-hydrogen) atoms. The second-order valence-corrected chi connectivity index (χ2v) is 6.20. The molecule has 0 aliphatic carbocycles. The molecule has 0 radical (unpaired) electrons. The number of rotatable bonds is 8. The van der Waals surface area contributed by atoms with E-state index in [1.54, 1.807) is 19.2 Å². The molecule has 6 heteroatoms. The van der Waals surface area contributed by atoms with Crippen LogP contribution >= 0.6 is 15.9 Å². The van der Waals surface area contributed by atoms with Gasteiger partial charge in [-0.25, -0.2) is 4.39 Å². The normalized spacial score (nSPS) is 12.0. The summed E-state index contributed by atoms with van der Waals surface area (Å²) in [5.74, 6) is -0.500. The van der Waals surface area contributed by atoms with E-state index in [0.29, 0.717) is 18.7 Å². The Bertz CT molecular complexity index is 636. The first kappa shape index (κ1) is 18.6. The zero-order chi connectivity index (χ0) is 17.4. The maximum absolute atomic E-state index is 13.6. The van der Waals surface area contributed by atoms with Gasteiger partial charge in [0.05, 0.1) is 19.2 Å². The Morgan fingerprint density at radius 2 is 1.92 bits per heavy atom. The second-order valence-electron chi connectivity index (χ2n) is 5.28. The minimum atomic E-state index is -0.421. The molecule has 0 bridgehead atoms.